The van der Waals surface area contributed by atoms with Crippen molar-refractivity contribution in [3.63, 3.8) is 0 Å². The van der Waals surface area contributed by atoms with E-state index < -0.39 is 0 Å². The van der Waals surface area contributed by atoms with E-state index in [2.05, 4.69) is 29.5 Å². The summed E-state index contributed by atoms with van der Waals surface area (Å²) in [6.45, 7) is 4.17. The molecule has 0 bridgehead atoms. The van der Waals surface area contributed by atoms with Gasteiger partial charge in [-0.1, -0.05) is 42.4 Å². The van der Waals surface area contributed by atoms with Crippen molar-refractivity contribution in [2.24, 2.45) is 10.9 Å². The lowest BCUT2D eigenvalue weighted by Gasteiger charge is -2.22. The van der Waals surface area contributed by atoms with Crippen LogP contribution >= 0.6 is 0 Å². The Morgan fingerprint density at radius 3 is 2.59 bits per heavy atom. The number of nitrogens with two attached hydrogens (primary N) is 1. The number of nitrogens with one attached hydrogen (secondary N) is 1. The molecule has 17 heavy (non-hydrogen) atoms. The van der Waals surface area contributed by atoms with Crippen LogP contribution in [0.2, 0.25) is 0 Å². The van der Waals surface area contributed by atoms with E-state index in [0.29, 0.717) is 12.5 Å². The summed E-state index contributed by atoms with van der Waals surface area (Å²) in [5.74, 6) is 0.257. The second kappa shape index (κ2) is 6.91. The summed E-state index contributed by atoms with van der Waals surface area (Å²) < 4.78 is 0. The summed E-state index contributed by atoms with van der Waals surface area (Å²) in [5.41, 5.74) is 6.75. The summed E-state index contributed by atoms with van der Waals surface area (Å²) in [7, 11) is 0. The molecule has 1 aromatic carbocycles. The molecule has 1 rings (SSSR count). The molecule has 1 aromatic rings. The van der Waals surface area contributed by atoms with Crippen molar-refractivity contribution < 1.29 is 5.21 Å². The normalized spacial score (nSPS) is 15.5. The highest BCUT2D eigenvalue weighted by Gasteiger charge is 2.13. The van der Waals surface area contributed by atoms with Gasteiger partial charge in [0, 0.05) is 18.5 Å². The van der Waals surface area contributed by atoms with Gasteiger partial charge in [0.15, 0.2) is 0 Å². The third kappa shape index (κ3) is 4.44. The predicted molar refractivity (Wildman–Crippen MR) is 70.1 cm³/mol. The summed E-state index contributed by atoms with van der Waals surface area (Å²) in [4.78, 5) is 0. The van der Waals surface area contributed by atoms with E-state index in [-0.39, 0.29) is 11.9 Å². The zero-order valence-corrected chi connectivity index (χ0v) is 10.4. The Labute approximate surface area is 103 Å². The maximum atomic E-state index is 8.53. The van der Waals surface area contributed by atoms with Gasteiger partial charge in [0.25, 0.3) is 0 Å². The average Bonchev–Trinajstić information content (AvgIpc) is 2.36. The molecule has 4 nitrogen and oxygen atoms in total. The van der Waals surface area contributed by atoms with Crippen LogP contribution in [-0.4, -0.2) is 17.1 Å². The van der Waals surface area contributed by atoms with E-state index in [1.807, 2.05) is 25.1 Å². The second-order valence-electron chi connectivity index (χ2n) is 4.23. The molecule has 0 heterocycles. The molecule has 94 valence electrons. The molecular formula is C13H21N3O. The number of nitrogens with zero attached hydrogens (tertiary/aromatic N) is 1. The van der Waals surface area contributed by atoms with Crippen LogP contribution in [0.5, 0.6) is 0 Å². The van der Waals surface area contributed by atoms with Crippen LogP contribution in [-0.2, 0) is 0 Å². The number of oxime groups is 1. The summed E-state index contributed by atoms with van der Waals surface area (Å²) in [6, 6.07) is 10.8. The van der Waals surface area contributed by atoms with Crippen LogP contribution in [0.3, 0.4) is 0 Å². The molecule has 4 N–H and O–H groups in total. The summed E-state index contributed by atoms with van der Waals surface area (Å²) >= 11 is 0. The van der Waals surface area contributed by atoms with Gasteiger partial charge in [-0.25, -0.2) is 0 Å². The number of amidine groups is 1. The molecule has 0 spiro atoms. The Hall–Kier alpha value is -1.55. The van der Waals surface area contributed by atoms with Crippen molar-refractivity contribution in [1.82, 2.24) is 5.32 Å². The first kappa shape index (κ1) is 13.5. The first-order chi connectivity index (χ1) is 8.17. The number of rotatable bonds is 6. The van der Waals surface area contributed by atoms with Gasteiger partial charge < -0.3 is 16.3 Å². The zero-order chi connectivity index (χ0) is 12.7. The monoisotopic (exact) mass is 235 g/mol. The Morgan fingerprint density at radius 2 is 2.06 bits per heavy atom. The van der Waals surface area contributed by atoms with Gasteiger partial charge in [-0.05, 0) is 18.9 Å². The Morgan fingerprint density at radius 1 is 1.41 bits per heavy atom. The molecule has 2 unspecified atom stereocenters. The highest BCUT2D eigenvalue weighted by molar-refractivity contribution is 5.80. The van der Waals surface area contributed by atoms with Crippen LogP contribution in [0.4, 0.5) is 0 Å². The highest BCUT2D eigenvalue weighted by Crippen LogP contribution is 2.17. The van der Waals surface area contributed by atoms with Crippen molar-refractivity contribution in [3.8, 4) is 0 Å². The Balaban J connectivity index is 2.59. The van der Waals surface area contributed by atoms with E-state index in [1.54, 1.807) is 0 Å². The zero-order valence-electron chi connectivity index (χ0n) is 10.4. The molecule has 0 radical (unpaired) electrons. The predicted octanol–water partition coefficient (Wildman–Crippen LogP) is 2.25. The lowest BCUT2D eigenvalue weighted by molar-refractivity contribution is 0.315. The van der Waals surface area contributed by atoms with Gasteiger partial charge in [-0.3, -0.25) is 0 Å². The minimum atomic E-state index is 0.177. The van der Waals surface area contributed by atoms with Crippen molar-refractivity contribution in [3.05, 3.63) is 35.9 Å². The summed E-state index contributed by atoms with van der Waals surface area (Å²) in [5, 5.41) is 15.0. The van der Waals surface area contributed by atoms with Gasteiger partial charge in [-0.15, -0.1) is 0 Å². The minimum Gasteiger partial charge on any atom is -0.409 e. The molecule has 0 aliphatic rings. The van der Waals surface area contributed by atoms with Crippen LogP contribution < -0.4 is 11.1 Å². The molecule has 0 saturated carbocycles. The van der Waals surface area contributed by atoms with E-state index in [0.717, 1.165) is 6.42 Å². The Kier molecular flexibility index (Phi) is 5.49. The number of hydrogen-bond donors (Lipinski definition) is 3. The first-order valence-electron chi connectivity index (χ1n) is 5.94. The van der Waals surface area contributed by atoms with Crippen molar-refractivity contribution in [2.45, 2.75) is 38.8 Å². The number of hydrogen-bond acceptors (Lipinski definition) is 3. The van der Waals surface area contributed by atoms with Gasteiger partial charge in [0.1, 0.15) is 5.84 Å². The second-order valence-corrected chi connectivity index (χ2v) is 4.23. The molecule has 0 aliphatic heterocycles. The van der Waals surface area contributed by atoms with Gasteiger partial charge in [-0.2, -0.15) is 0 Å². The third-order valence-corrected chi connectivity index (χ3v) is 2.74. The maximum Gasteiger partial charge on any atom is 0.140 e. The molecule has 0 aliphatic carbocycles. The molecule has 0 amide bonds. The van der Waals surface area contributed by atoms with Crippen molar-refractivity contribution in [2.75, 3.05) is 0 Å². The van der Waals surface area contributed by atoms with E-state index in [4.69, 9.17) is 10.9 Å². The van der Waals surface area contributed by atoms with Gasteiger partial charge >= 0.3 is 0 Å². The highest BCUT2D eigenvalue weighted by atomic mass is 16.4. The van der Waals surface area contributed by atoms with Gasteiger partial charge in [0.05, 0.1) is 0 Å². The number of benzene rings is 1. The van der Waals surface area contributed by atoms with Crippen LogP contribution in [0.15, 0.2) is 35.5 Å². The Bertz CT molecular complexity index is 351. The quantitative estimate of drug-likeness (QED) is 0.306. The lowest BCUT2D eigenvalue weighted by Crippen LogP contribution is -2.34. The maximum absolute atomic E-state index is 8.53. The van der Waals surface area contributed by atoms with Crippen molar-refractivity contribution >= 4 is 5.84 Å². The minimum absolute atomic E-state index is 0.177. The average molecular weight is 235 g/mol. The van der Waals surface area contributed by atoms with E-state index >= 15 is 0 Å². The standard InChI is InChI=1S/C13H21N3O/c1-3-12(11-7-5-4-6-8-11)15-10(2)9-13(14)16-17/h4-8,10,12,15,17H,3,9H2,1-2H3,(H2,14,16). The largest absolute Gasteiger partial charge is 0.409 e. The molecular weight excluding hydrogens is 214 g/mol. The SMILES string of the molecule is CCC(NC(C)CC(N)=NO)c1ccccc1. The lowest BCUT2D eigenvalue weighted by atomic mass is 10.0. The molecule has 0 fully saturated rings. The fourth-order valence-electron chi connectivity index (χ4n) is 1.89. The van der Waals surface area contributed by atoms with E-state index in [9.17, 15) is 0 Å². The fraction of sp³-hybridized carbons (Fsp3) is 0.462. The van der Waals surface area contributed by atoms with E-state index in [1.165, 1.54) is 5.56 Å². The third-order valence-electron chi connectivity index (χ3n) is 2.74. The summed E-state index contributed by atoms with van der Waals surface area (Å²) in [6.07, 6.45) is 1.55. The van der Waals surface area contributed by atoms with Crippen LogP contribution in [0, 0.1) is 0 Å². The topological polar surface area (TPSA) is 70.6 Å². The van der Waals surface area contributed by atoms with Crippen LogP contribution in [0.1, 0.15) is 38.3 Å². The molecule has 0 saturated heterocycles. The molecule has 0 aromatic heterocycles. The van der Waals surface area contributed by atoms with Crippen molar-refractivity contribution in [1.29, 1.82) is 0 Å². The molecule has 2 atom stereocenters. The smallest absolute Gasteiger partial charge is 0.140 e. The van der Waals surface area contributed by atoms with Crippen LogP contribution in [0.25, 0.3) is 0 Å². The first-order valence-corrected chi connectivity index (χ1v) is 5.94. The van der Waals surface area contributed by atoms with Gasteiger partial charge in [0.2, 0.25) is 0 Å². The fourth-order valence-corrected chi connectivity index (χ4v) is 1.89. The molecule has 4 heteroatoms.